The zero-order valence-corrected chi connectivity index (χ0v) is 15.8. The lowest BCUT2D eigenvalue weighted by atomic mass is 10.1. The lowest BCUT2D eigenvalue weighted by molar-refractivity contribution is -0.128. The number of rotatable bonds is 5. The fourth-order valence-electron chi connectivity index (χ4n) is 3.06. The SMILES string of the molecule is O=C(C=Cc1ccccc1Cl)N(Cc1ccccc1)C1CCS(=O)(=O)C1. The topological polar surface area (TPSA) is 54.5 Å². The van der Waals surface area contributed by atoms with Crippen LogP contribution in [0.2, 0.25) is 5.02 Å². The van der Waals surface area contributed by atoms with Gasteiger partial charge in [-0.25, -0.2) is 8.42 Å². The summed E-state index contributed by atoms with van der Waals surface area (Å²) in [6, 6.07) is 16.5. The molecule has 1 atom stereocenters. The number of hydrogen-bond acceptors (Lipinski definition) is 3. The van der Waals surface area contributed by atoms with Gasteiger partial charge in [-0.15, -0.1) is 0 Å². The Hall–Kier alpha value is -2.11. The molecular weight excluding hydrogens is 370 g/mol. The van der Waals surface area contributed by atoms with E-state index in [1.54, 1.807) is 17.0 Å². The van der Waals surface area contributed by atoms with Crippen molar-refractivity contribution in [3.63, 3.8) is 0 Å². The van der Waals surface area contributed by atoms with Crippen LogP contribution in [0.5, 0.6) is 0 Å². The van der Waals surface area contributed by atoms with Crippen LogP contribution in [0.3, 0.4) is 0 Å². The van der Waals surface area contributed by atoms with E-state index in [2.05, 4.69) is 0 Å². The summed E-state index contributed by atoms with van der Waals surface area (Å²) >= 11 is 6.13. The molecule has 0 N–H and O–H groups in total. The van der Waals surface area contributed by atoms with Gasteiger partial charge in [-0.05, 0) is 29.7 Å². The highest BCUT2D eigenvalue weighted by atomic mass is 35.5. The van der Waals surface area contributed by atoms with Crippen molar-refractivity contribution in [2.75, 3.05) is 11.5 Å². The quantitative estimate of drug-likeness (QED) is 0.734. The van der Waals surface area contributed by atoms with Crippen molar-refractivity contribution >= 4 is 33.4 Å². The van der Waals surface area contributed by atoms with E-state index in [0.29, 0.717) is 18.0 Å². The normalized spacial score (nSPS) is 18.9. The summed E-state index contributed by atoms with van der Waals surface area (Å²) in [6.07, 6.45) is 3.61. The zero-order valence-electron chi connectivity index (χ0n) is 14.2. The van der Waals surface area contributed by atoms with Crippen LogP contribution < -0.4 is 0 Å². The molecule has 2 aromatic rings. The first-order valence-corrected chi connectivity index (χ1v) is 10.6. The minimum atomic E-state index is -3.08. The molecule has 0 bridgehead atoms. The molecule has 1 fully saturated rings. The lowest BCUT2D eigenvalue weighted by Crippen LogP contribution is -2.39. The van der Waals surface area contributed by atoms with Crippen LogP contribution in [0.15, 0.2) is 60.7 Å². The number of sulfone groups is 1. The van der Waals surface area contributed by atoms with Crippen LogP contribution in [0, 0.1) is 0 Å². The van der Waals surface area contributed by atoms with Crippen LogP contribution >= 0.6 is 11.6 Å². The Morgan fingerprint density at radius 2 is 1.81 bits per heavy atom. The van der Waals surface area contributed by atoms with E-state index in [9.17, 15) is 13.2 Å². The average molecular weight is 390 g/mol. The van der Waals surface area contributed by atoms with Crippen LogP contribution in [0.1, 0.15) is 17.5 Å². The molecule has 4 nitrogen and oxygen atoms in total. The second-order valence-corrected chi connectivity index (χ2v) is 9.00. The number of halogens is 1. The van der Waals surface area contributed by atoms with Gasteiger partial charge >= 0.3 is 0 Å². The maximum Gasteiger partial charge on any atom is 0.247 e. The third kappa shape index (κ3) is 4.74. The summed E-state index contributed by atoms with van der Waals surface area (Å²) in [4.78, 5) is 14.5. The maximum absolute atomic E-state index is 12.8. The van der Waals surface area contributed by atoms with E-state index < -0.39 is 9.84 Å². The van der Waals surface area contributed by atoms with Crippen LogP contribution in [-0.4, -0.2) is 36.8 Å². The Kier molecular flexibility index (Phi) is 5.79. The standard InChI is InChI=1S/C20H20ClNO3S/c21-19-9-5-4-8-17(19)10-11-20(23)22(14-16-6-2-1-3-7-16)18-12-13-26(24,25)15-18/h1-11,18H,12-15H2. The minimum Gasteiger partial charge on any atom is -0.331 e. The first-order valence-electron chi connectivity index (χ1n) is 8.42. The number of amides is 1. The fourth-order valence-corrected chi connectivity index (χ4v) is 4.98. The highest BCUT2D eigenvalue weighted by Crippen LogP contribution is 2.22. The number of hydrogen-bond donors (Lipinski definition) is 0. The summed E-state index contributed by atoms with van der Waals surface area (Å²) in [5.74, 6) is -0.0634. The first-order chi connectivity index (χ1) is 12.4. The van der Waals surface area contributed by atoms with E-state index in [4.69, 9.17) is 11.6 Å². The van der Waals surface area contributed by atoms with Gasteiger partial charge in [0.15, 0.2) is 9.84 Å². The van der Waals surface area contributed by atoms with E-state index in [1.807, 2.05) is 48.5 Å². The van der Waals surface area contributed by atoms with Crippen LogP contribution in [-0.2, 0) is 21.2 Å². The Bertz CT molecular complexity index is 910. The predicted molar refractivity (Wildman–Crippen MR) is 105 cm³/mol. The second-order valence-electron chi connectivity index (χ2n) is 6.36. The predicted octanol–water partition coefficient (Wildman–Crippen LogP) is 3.57. The van der Waals surface area contributed by atoms with Gasteiger partial charge in [0, 0.05) is 23.7 Å². The van der Waals surface area contributed by atoms with Crippen LogP contribution in [0.4, 0.5) is 0 Å². The molecular formula is C20H20ClNO3S. The van der Waals surface area contributed by atoms with Gasteiger partial charge in [0.1, 0.15) is 0 Å². The molecule has 1 amide bonds. The van der Waals surface area contributed by atoms with Crippen molar-refractivity contribution in [1.82, 2.24) is 4.90 Å². The van der Waals surface area contributed by atoms with Crippen LogP contribution in [0.25, 0.3) is 6.08 Å². The molecule has 0 aliphatic carbocycles. The van der Waals surface area contributed by atoms with Gasteiger partial charge in [0.25, 0.3) is 0 Å². The average Bonchev–Trinajstić information content (AvgIpc) is 2.99. The molecule has 0 saturated carbocycles. The Morgan fingerprint density at radius 1 is 1.12 bits per heavy atom. The number of carbonyl (C=O) groups is 1. The maximum atomic E-state index is 12.8. The van der Waals surface area contributed by atoms with Gasteiger partial charge < -0.3 is 4.90 Å². The third-order valence-electron chi connectivity index (χ3n) is 4.44. The van der Waals surface area contributed by atoms with Crippen molar-refractivity contribution in [1.29, 1.82) is 0 Å². The van der Waals surface area contributed by atoms with Gasteiger partial charge in [0.05, 0.1) is 11.5 Å². The van der Waals surface area contributed by atoms with E-state index in [-0.39, 0.29) is 23.5 Å². The van der Waals surface area contributed by atoms with Gasteiger partial charge in [-0.2, -0.15) is 0 Å². The molecule has 1 unspecified atom stereocenters. The molecule has 136 valence electrons. The monoisotopic (exact) mass is 389 g/mol. The third-order valence-corrected chi connectivity index (χ3v) is 6.53. The molecule has 26 heavy (non-hydrogen) atoms. The highest BCUT2D eigenvalue weighted by molar-refractivity contribution is 7.91. The molecule has 1 aliphatic heterocycles. The molecule has 1 saturated heterocycles. The van der Waals surface area contributed by atoms with E-state index >= 15 is 0 Å². The van der Waals surface area contributed by atoms with Crippen molar-refractivity contribution in [3.8, 4) is 0 Å². The largest absolute Gasteiger partial charge is 0.331 e. The van der Waals surface area contributed by atoms with Crippen molar-refractivity contribution in [3.05, 3.63) is 76.8 Å². The smallest absolute Gasteiger partial charge is 0.247 e. The minimum absolute atomic E-state index is 0.0194. The molecule has 6 heteroatoms. The molecule has 2 aromatic carbocycles. The summed E-state index contributed by atoms with van der Waals surface area (Å²) in [7, 11) is -3.08. The number of benzene rings is 2. The summed E-state index contributed by atoms with van der Waals surface area (Å²) < 4.78 is 23.7. The van der Waals surface area contributed by atoms with E-state index in [1.165, 1.54) is 6.08 Å². The molecule has 0 spiro atoms. The molecule has 1 aliphatic rings. The van der Waals surface area contributed by atoms with E-state index in [0.717, 1.165) is 11.1 Å². The molecule has 0 radical (unpaired) electrons. The lowest BCUT2D eigenvalue weighted by Gasteiger charge is -2.27. The first kappa shape index (κ1) is 18.7. The molecule has 3 rings (SSSR count). The van der Waals surface area contributed by atoms with Crippen molar-refractivity contribution in [2.24, 2.45) is 0 Å². The van der Waals surface area contributed by atoms with Crippen molar-refractivity contribution < 1.29 is 13.2 Å². The Morgan fingerprint density at radius 3 is 2.46 bits per heavy atom. The molecule has 1 heterocycles. The molecule has 0 aromatic heterocycles. The number of nitrogens with zero attached hydrogens (tertiary/aromatic N) is 1. The Labute approximate surface area is 159 Å². The van der Waals surface area contributed by atoms with Gasteiger partial charge in [-0.3, -0.25) is 4.79 Å². The summed E-state index contributed by atoms with van der Waals surface area (Å²) in [5.41, 5.74) is 1.72. The fraction of sp³-hybridized carbons (Fsp3) is 0.250. The van der Waals surface area contributed by atoms with Crippen molar-refractivity contribution in [2.45, 2.75) is 19.0 Å². The number of carbonyl (C=O) groups excluding carboxylic acids is 1. The second kappa shape index (κ2) is 8.06. The Balaban J connectivity index is 1.82. The highest BCUT2D eigenvalue weighted by Gasteiger charge is 2.34. The zero-order chi connectivity index (χ0) is 18.6. The van der Waals surface area contributed by atoms with Gasteiger partial charge in [0.2, 0.25) is 5.91 Å². The summed E-state index contributed by atoms with van der Waals surface area (Å²) in [5, 5.41) is 0.564. The summed E-state index contributed by atoms with van der Waals surface area (Å²) in [6.45, 7) is 0.382. The van der Waals surface area contributed by atoms with Gasteiger partial charge in [-0.1, -0.05) is 60.1 Å².